The fourth-order valence-corrected chi connectivity index (χ4v) is 3.22. The third-order valence-electron chi connectivity index (χ3n) is 3.84. The summed E-state index contributed by atoms with van der Waals surface area (Å²) in [7, 11) is 0. The molecule has 0 radical (unpaired) electrons. The third-order valence-corrected chi connectivity index (χ3v) is 3.84. The van der Waals surface area contributed by atoms with Gasteiger partial charge in [-0.15, -0.1) is 0 Å². The van der Waals surface area contributed by atoms with Crippen LogP contribution in [0.25, 0.3) is 0 Å². The van der Waals surface area contributed by atoms with E-state index >= 15 is 0 Å². The van der Waals surface area contributed by atoms with Crippen molar-refractivity contribution >= 4 is 12.0 Å². The van der Waals surface area contributed by atoms with E-state index in [1.54, 1.807) is 12.4 Å². The maximum atomic E-state index is 10.7. The first kappa shape index (κ1) is 11.3. The van der Waals surface area contributed by atoms with Gasteiger partial charge in [0.05, 0.1) is 0 Å². The summed E-state index contributed by atoms with van der Waals surface area (Å²) in [4.78, 5) is 21.6. The van der Waals surface area contributed by atoms with Crippen LogP contribution in [0.5, 0.6) is 0 Å². The lowest BCUT2D eigenvalue weighted by molar-refractivity contribution is 0.185. The van der Waals surface area contributed by atoms with E-state index in [1.807, 2.05) is 6.07 Å². The van der Waals surface area contributed by atoms with Gasteiger partial charge in [-0.3, -0.25) is 0 Å². The van der Waals surface area contributed by atoms with Crippen LogP contribution in [-0.4, -0.2) is 39.3 Å². The lowest BCUT2D eigenvalue weighted by Crippen LogP contribution is -2.50. The van der Waals surface area contributed by atoms with Crippen molar-refractivity contribution in [1.29, 1.82) is 0 Å². The number of nitrogens with zero attached hydrogens (tertiary/aromatic N) is 3. The van der Waals surface area contributed by atoms with Crippen LogP contribution in [-0.2, 0) is 0 Å². The molecule has 0 saturated carbocycles. The van der Waals surface area contributed by atoms with E-state index in [9.17, 15) is 4.79 Å². The van der Waals surface area contributed by atoms with E-state index in [4.69, 9.17) is 5.11 Å². The lowest BCUT2D eigenvalue weighted by atomic mass is 9.98. The third kappa shape index (κ3) is 1.98. The zero-order valence-electron chi connectivity index (χ0n) is 9.99. The molecule has 1 aromatic heterocycles. The molecule has 6 heteroatoms. The van der Waals surface area contributed by atoms with Crippen LogP contribution in [0.4, 0.5) is 10.7 Å². The van der Waals surface area contributed by atoms with Gasteiger partial charge in [0.25, 0.3) is 0 Å². The molecule has 0 spiro atoms. The van der Waals surface area contributed by atoms with E-state index in [1.165, 1.54) is 0 Å². The molecule has 2 aliphatic heterocycles. The van der Waals surface area contributed by atoms with E-state index in [0.717, 1.165) is 31.6 Å². The number of rotatable bonds is 2. The molecule has 6 nitrogen and oxygen atoms in total. The summed E-state index contributed by atoms with van der Waals surface area (Å²) in [5.41, 5.74) is 0. The average Bonchev–Trinajstić information content (AvgIpc) is 2.62. The summed E-state index contributed by atoms with van der Waals surface area (Å²) in [6.07, 6.45) is 6.47. The predicted molar refractivity (Wildman–Crippen MR) is 65.5 cm³/mol. The first-order chi connectivity index (χ1) is 8.74. The molecule has 1 aromatic rings. The summed E-state index contributed by atoms with van der Waals surface area (Å²) in [5.74, 6) is 0.777. The smallest absolute Gasteiger partial charge is 0.404 e. The highest BCUT2D eigenvalue weighted by atomic mass is 16.4. The van der Waals surface area contributed by atoms with Crippen molar-refractivity contribution < 1.29 is 9.90 Å². The van der Waals surface area contributed by atoms with Gasteiger partial charge < -0.3 is 15.3 Å². The Balaban J connectivity index is 1.76. The Morgan fingerprint density at radius 3 is 2.44 bits per heavy atom. The minimum atomic E-state index is -0.927. The molecule has 2 N–H and O–H groups in total. The molecule has 1 amide bonds. The molecule has 3 rings (SSSR count). The first-order valence-electron chi connectivity index (χ1n) is 6.29. The van der Waals surface area contributed by atoms with Crippen molar-refractivity contribution in [3.63, 3.8) is 0 Å². The van der Waals surface area contributed by atoms with Gasteiger partial charge in [-0.25, -0.2) is 14.8 Å². The number of carbonyl (C=O) groups is 1. The Hall–Kier alpha value is -1.85. The lowest BCUT2D eigenvalue weighted by Gasteiger charge is -2.38. The van der Waals surface area contributed by atoms with Crippen LogP contribution in [0.2, 0.25) is 0 Å². The zero-order valence-corrected chi connectivity index (χ0v) is 9.99. The second kappa shape index (κ2) is 4.44. The van der Waals surface area contributed by atoms with Crippen LogP contribution < -0.4 is 10.2 Å². The van der Waals surface area contributed by atoms with Crippen molar-refractivity contribution in [2.75, 3.05) is 4.90 Å². The van der Waals surface area contributed by atoms with Crippen molar-refractivity contribution in [1.82, 2.24) is 15.3 Å². The monoisotopic (exact) mass is 248 g/mol. The summed E-state index contributed by atoms with van der Waals surface area (Å²) in [5, 5.41) is 11.4. The van der Waals surface area contributed by atoms with Gasteiger partial charge in [-0.05, 0) is 31.7 Å². The molecule has 2 fully saturated rings. The predicted octanol–water partition coefficient (Wildman–Crippen LogP) is 1.24. The van der Waals surface area contributed by atoms with Gasteiger partial charge in [0, 0.05) is 30.5 Å². The normalized spacial score (nSPS) is 30.2. The van der Waals surface area contributed by atoms with Crippen molar-refractivity contribution in [3.05, 3.63) is 18.5 Å². The van der Waals surface area contributed by atoms with Crippen LogP contribution in [0.15, 0.2) is 18.5 Å². The van der Waals surface area contributed by atoms with Gasteiger partial charge in [0.1, 0.15) is 0 Å². The quantitative estimate of drug-likeness (QED) is 0.823. The van der Waals surface area contributed by atoms with E-state index in [-0.39, 0.29) is 6.04 Å². The molecule has 96 valence electrons. The van der Waals surface area contributed by atoms with Crippen LogP contribution in [0, 0.1) is 0 Å². The van der Waals surface area contributed by atoms with Crippen LogP contribution in [0.3, 0.4) is 0 Å². The molecular formula is C12H16N4O2. The number of hydrogen-bond acceptors (Lipinski definition) is 4. The maximum absolute atomic E-state index is 10.7. The zero-order chi connectivity index (χ0) is 12.5. The van der Waals surface area contributed by atoms with Gasteiger partial charge in [-0.1, -0.05) is 0 Å². The first-order valence-corrected chi connectivity index (χ1v) is 6.29. The molecule has 0 aromatic carbocycles. The number of nitrogens with one attached hydrogen (secondary N) is 1. The highest BCUT2D eigenvalue weighted by Gasteiger charge is 2.42. The molecule has 2 aliphatic rings. The number of amides is 1. The highest BCUT2D eigenvalue weighted by Crippen LogP contribution is 2.37. The number of fused-ring (bicyclic) bond motifs is 2. The molecule has 0 aliphatic carbocycles. The van der Waals surface area contributed by atoms with Crippen molar-refractivity contribution in [2.24, 2.45) is 0 Å². The molecule has 2 saturated heterocycles. The topological polar surface area (TPSA) is 78.4 Å². The molecule has 18 heavy (non-hydrogen) atoms. The Kier molecular flexibility index (Phi) is 2.77. The largest absolute Gasteiger partial charge is 0.465 e. The van der Waals surface area contributed by atoms with Crippen molar-refractivity contribution in [3.8, 4) is 0 Å². The summed E-state index contributed by atoms with van der Waals surface area (Å²) >= 11 is 0. The van der Waals surface area contributed by atoms with Crippen LogP contribution in [0.1, 0.15) is 25.7 Å². The average molecular weight is 248 g/mol. The Morgan fingerprint density at radius 2 is 1.89 bits per heavy atom. The van der Waals surface area contributed by atoms with E-state index < -0.39 is 6.09 Å². The summed E-state index contributed by atoms with van der Waals surface area (Å²) in [6.45, 7) is 0. The van der Waals surface area contributed by atoms with E-state index in [2.05, 4.69) is 20.2 Å². The second-order valence-corrected chi connectivity index (χ2v) is 4.96. The Morgan fingerprint density at radius 1 is 1.28 bits per heavy atom. The molecular weight excluding hydrogens is 232 g/mol. The number of carboxylic acid groups (broad SMARTS) is 1. The summed E-state index contributed by atoms with van der Waals surface area (Å²) < 4.78 is 0. The van der Waals surface area contributed by atoms with Gasteiger partial charge in [0.2, 0.25) is 5.95 Å². The number of aromatic nitrogens is 2. The molecule has 2 atom stereocenters. The Bertz CT molecular complexity index is 425. The number of anilines is 1. The van der Waals surface area contributed by atoms with Gasteiger partial charge in [0.15, 0.2) is 0 Å². The summed E-state index contributed by atoms with van der Waals surface area (Å²) in [6, 6.07) is 2.61. The molecule has 3 heterocycles. The van der Waals surface area contributed by atoms with Crippen LogP contribution >= 0.6 is 0 Å². The van der Waals surface area contributed by atoms with Crippen molar-refractivity contribution in [2.45, 2.75) is 43.8 Å². The number of hydrogen-bond donors (Lipinski definition) is 2. The number of piperidine rings is 1. The van der Waals surface area contributed by atoms with E-state index in [0.29, 0.717) is 12.1 Å². The van der Waals surface area contributed by atoms with Gasteiger partial charge in [-0.2, -0.15) is 0 Å². The minimum Gasteiger partial charge on any atom is -0.465 e. The Labute approximate surface area is 105 Å². The molecule has 2 unspecified atom stereocenters. The minimum absolute atomic E-state index is 0.0694. The standard InChI is InChI=1S/C12H16N4O2/c17-12(18)15-8-6-9-2-3-10(7-8)16(9)11-13-4-1-5-14-11/h1,4-5,8-10,15H,2-3,6-7H2,(H,17,18). The molecule has 2 bridgehead atoms. The van der Waals surface area contributed by atoms with Gasteiger partial charge >= 0.3 is 6.09 Å². The second-order valence-electron chi connectivity index (χ2n) is 4.96. The fraction of sp³-hybridized carbons (Fsp3) is 0.583. The SMILES string of the molecule is O=C(O)NC1CC2CCC(C1)N2c1ncccn1. The highest BCUT2D eigenvalue weighted by molar-refractivity contribution is 5.65. The fourth-order valence-electron chi connectivity index (χ4n) is 3.22. The maximum Gasteiger partial charge on any atom is 0.404 e.